The zero-order chi connectivity index (χ0) is 10.6. The first kappa shape index (κ1) is 10.8. The number of anilines is 1. The Kier molecular flexibility index (Phi) is 3.32. The summed E-state index contributed by atoms with van der Waals surface area (Å²) in [6.07, 6.45) is 1.18. The molecule has 0 bridgehead atoms. The van der Waals surface area contributed by atoms with Crippen LogP contribution in [0.1, 0.15) is 0 Å². The number of nitrogens with one attached hydrogen (secondary N) is 2. The van der Waals surface area contributed by atoms with Crippen molar-refractivity contribution in [2.75, 3.05) is 18.8 Å². The molecule has 1 unspecified atom stereocenters. The lowest BCUT2D eigenvalue weighted by atomic mass is 10.3. The fourth-order valence-electron chi connectivity index (χ4n) is 0.787. The summed E-state index contributed by atoms with van der Waals surface area (Å²) < 4.78 is 27.4. The van der Waals surface area contributed by atoms with Crippen LogP contribution >= 0.6 is 0 Å². The van der Waals surface area contributed by atoms with Gasteiger partial charge in [0.05, 0.1) is 12.8 Å². The summed E-state index contributed by atoms with van der Waals surface area (Å²) >= 11 is 0. The van der Waals surface area contributed by atoms with Gasteiger partial charge in [0, 0.05) is 6.26 Å². The molecule has 2 N–H and O–H groups in total. The minimum absolute atomic E-state index is 0.618. The molecule has 0 heterocycles. The summed E-state index contributed by atoms with van der Waals surface area (Å²) in [5.41, 5.74) is 3.04. The number of hydrogen-bond acceptors (Lipinski definition) is 5. The Morgan fingerprint density at radius 2 is 1.93 bits per heavy atom. The summed E-state index contributed by atoms with van der Waals surface area (Å²) in [6, 6.07) is 6.86. The molecule has 0 saturated heterocycles. The van der Waals surface area contributed by atoms with Gasteiger partial charge in [0.1, 0.15) is 5.75 Å². The predicted octanol–water partition coefficient (Wildman–Crippen LogP) is 1.63. The van der Waals surface area contributed by atoms with Crippen LogP contribution in [0.15, 0.2) is 24.3 Å². The van der Waals surface area contributed by atoms with Crippen molar-refractivity contribution < 1.29 is 13.2 Å². The van der Waals surface area contributed by atoms with E-state index >= 15 is 0 Å². The highest BCUT2D eigenvalue weighted by Crippen LogP contribution is 2.15. The Balaban J connectivity index is 2.61. The molecule has 14 heavy (non-hydrogen) atoms. The van der Waals surface area contributed by atoms with E-state index in [-0.39, 0.29) is 0 Å². The summed E-state index contributed by atoms with van der Waals surface area (Å²) in [6.45, 7) is 0. The van der Waals surface area contributed by atoms with Crippen molar-refractivity contribution in [3.63, 3.8) is 0 Å². The Morgan fingerprint density at radius 3 is 2.36 bits per heavy atom. The number of benzene rings is 1. The van der Waals surface area contributed by atoms with Crippen molar-refractivity contribution in [2.24, 2.45) is 0 Å². The quantitative estimate of drug-likeness (QED) is 0.750. The number of hydrogen-bond donors (Lipinski definition) is 2. The van der Waals surface area contributed by atoms with Crippen LogP contribution in [0.5, 0.6) is 5.75 Å². The largest absolute Gasteiger partial charge is 0.497 e. The maximum absolute atomic E-state index is 10.8. The summed E-state index contributed by atoms with van der Waals surface area (Å²) in [4.78, 5) is 0. The highest BCUT2D eigenvalue weighted by atomic mass is 32.2. The number of methoxy groups -OCH3 is 1. The minimum atomic E-state index is -2.98. The van der Waals surface area contributed by atoms with Crippen LogP contribution in [-0.4, -0.2) is 17.6 Å². The Hall–Kier alpha value is -1.27. The van der Waals surface area contributed by atoms with Gasteiger partial charge in [0.25, 0.3) is 0 Å². The third-order valence-corrected chi connectivity index (χ3v) is 1.81. The standard InChI is InChI=1S/C8H12N2O3S/c1-12-8-5-3-7(4-6-8)10-13-14(2,9)11/h3-6,9-10H,1-2H3. The summed E-state index contributed by atoms with van der Waals surface area (Å²) in [5, 5.41) is 0. The Morgan fingerprint density at radius 1 is 1.36 bits per heavy atom. The second kappa shape index (κ2) is 4.30. The lowest BCUT2D eigenvalue weighted by molar-refractivity contribution is 0.413. The normalized spacial score (nSPS) is 14.4. The van der Waals surface area contributed by atoms with E-state index in [2.05, 4.69) is 9.76 Å². The van der Waals surface area contributed by atoms with E-state index in [9.17, 15) is 4.21 Å². The van der Waals surface area contributed by atoms with Gasteiger partial charge in [-0.05, 0) is 24.3 Å². The van der Waals surface area contributed by atoms with Gasteiger partial charge in [-0.2, -0.15) is 4.28 Å². The van der Waals surface area contributed by atoms with Crippen LogP contribution in [0.3, 0.4) is 0 Å². The molecule has 1 atom stereocenters. The molecular weight excluding hydrogens is 204 g/mol. The molecule has 0 radical (unpaired) electrons. The molecule has 0 fully saturated rings. The molecule has 1 aromatic rings. The van der Waals surface area contributed by atoms with E-state index in [0.29, 0.717) is 5.69 Å². The van der Waals surface area contributed by atoms with E-state index in [0.717, 1.165) is 5.75 Å². The third kappa shape index (κ3) is 3.63. The highest BCUT2D eigenvalue weighted by molar-refractivity contribution is 7.87. The Labute approximate surface area is 83.2 Å². The molecule has 0 aliphatic heterocycles. The first-order valence-electron chi connectivity index (χ1n) is 3.83. The fraction of sp³-hybridized carbons (Fsp3) is 0.250. The van der Waals surface area contributed by atoms with E-state index in [1.54, 1.807) is 31.4 Å². The van der Waals surface area contributed by atoms with Gasteiger partial charge < -0.3 is 4.74 Å². The van der Waals surface area contributed by atoms with Crippen molar-refractivity contribution in [1.29, 1.82) is 4.78 Å². The smallest absolute Gasteiger partial charge is 0.179 e. The van der Waals surface area contributed by atoms with E-state index in [4.69, 9.17) is 9.52 Å². The lowest BCUT2D eigenvalue weighted by Crippen LogP contribution is -2.07. The Bertz CT molecular complexity index is 386. The molecule has 0 spiro atoms. The first-order chi connectivity index (χ1) is 6.51. The number of ether oxygens (including phenoxy) is 1. The van der Waals surface area contributed by atoms with Crippen molar-refractivity contribution in [1.82, 2.24) is 0 Å². The molecule has 0 aliphatic carbocycles. The zero-order valence-corrected chi connectivity index (χ0v) is 8.76. The van der Waals surface area contributed by atoms with Gasteiger partial charge in [-0.15, -0.1) is 0 Å². The maximum Gasteiger partial charge on any atom is 0.179 e. The second-order valence-corrected chi connectivity index (χ2v) is 4.40. The van der Waals surface area contributed by atoms with Crippen LogP contribution < -0.4 is 10.2 Å². The van der Waals surface area contributed by atoms with Crippen molar-refractivity contribution in [3.8, 4) is 5.75 Å². The molecule has 0 saturated carbocycles. The third-order valence-electron chi connectivity index (χ3n) is 1.41. The van der Waals surface area contributed by atoms with Gasteiger partial charge >= 0.3 is 0 Å². The molecule has 1 aromatic carbocycles. The maximum atomic E-state index is 10.8. The average molecular weight is 216 g/mol. The highest BCUT2D eigenvalue weighted by Gasteiger charge is 1.98. The second-order valence-electron chi connectivity index (χ2n) is 2.69. The summed E-state index contributed by atoms with van der Waals surface area (Å²) in [5.74, 6) is 0.721. The molecule has 5 nitrogen and oxygen atoms in total. The van der Waals surface area contributed by atoms with Crippen LogP contribution in [0.4, 0.5) is 5.69 Å². The first-order valence-corrected chi connectivity index (χ1v) is 5.72. The molecule has 78 valence electrons. The minimum Gasteiger partial charge on any atom is -0.497 e. The molecule has 1 rings (SSSR count). The van der Waals surface area contributed by atoms with Gasteiger partial charge in [0.15, 0.2) is 10.0 Å². The monoisotopic (exact) mass is 216 g/mol. The van der Waals surface area contributed by atoms with Crippen LogP contribution in [0.2, 0.25) is 0 Å². The SMILES string of the molecule is COc1ccc(NOS(C)(=N)=O)cc1. The molecule has 0 aliphatic rings. The van der Waals surface area contributed by atoms with Crippen molar-refractivity contribution in [2.45, 2.75) is 0 Å². The van der Waals surface area contributed by atoms with E-state index < -0.39 is 10.0 Å². The molecular formula is C8H12N2O3S. The van der Waals surface area contributed by atoms with Crippen LogP contribution in [0, 0.1) is 4.78 Å². The lowest BCUT2D eigenvalue weighted by Gasteiger charge is -2.06. The van der Waals surface area contributed by atoms with Gasteiger partial charge in [-0.3, -0.25) is 5.48 Å². The fourth-order valence-corrected chi connectivity index (χ4v) is 1.04. The van der Waals surface area contributed by atoms with Crippen LogP contribution in [0.25, 0.3) is 0 Å². The zero-order valence-electron chi connectivity index (χ0n) is 7.94. The molecule has 0 amide bonds. The average Bonchev–Trinajstić information content (AvgIpc) is 2.14. The molecule has 6 heteroatoms. The predicted molar refractivity (Wildman–Crippen MR) is 54.5 cm³/mol. The summed E-state index contributed by atoms with van der Waals surface area (Å²) in [7, 11) is -1.41. The van der Waals surface area contributed by atoms with E-state index in [1.807, 2.05) is 0 Å². The van der Waals surface area contributed by atoms with Gasteiger partial charge in [-0.25, -0.2) is 8.99 Å². The van der Waals surface area contributed by atoms with Crippen LogP contribution in [-0.2, 0) is 14.3 Å². The van der Waals surface area contributed by atoms with Gasteiger partial charge in [0.2, 0.25) is 0 Å². The van der Waals surface area contributed by atoms with Crippen molar-refractivity contribution >= 4 is 15.7 Å². The number of rotatable bonds is 4. The van der Waals surface area contributed by atoms with E-state index in [1.165, 1.54) is 6.26 Å². The molecule has 0 aromatic heterocycles. The van der Waals surface area contributed by atoms with Gasteiger partial charge in [-0.1, -0.05) is 0 Å². The van der Waals surface area contributed by atoms with Crippen molar-refractivity contribution in [3.05, 3.63) is 24.3 Å². The topological polar surface area (TPSA) is 71.4 Å².